The Morgan fingerprint density at radius 1 is 0.690 bits per heavy atom. The van der Waals surface area contributed by atoms with Gasteiger partial charge in [-0.2, -0.15) is 0 Å². The van der Waals surface area contributed by atoms with Gasteiger partial charge in [-0.1, -0.05) is 52.9 Å². The second-order valence-corrected chi connectivity index (χ2v) is 6.66. The van der Waals surface area contributed by atoms with Crippen LogP contribution in [0.5, 0.6) is 0 Å². The van der Waals surface area contributed by atoms with Crippen LogP contribution >= 0.6 is 0 Å². The molecule has 2 N–H and O–H groups in total. The van der Waals surface area contributed by atoms with E-state index in [1.807, 2.05) is 54.6 Å². The fourth-order valence-corrected chi connectivity index (χ4v) is 3.82. The first kappa shape index (κ1) is 15.7. The van der Waals surface area contributed by atoms with Crippen LogP contribution in [0.2, 0.25) is 0 Å². The first-order valence-electron chi connectivity index (χ1n) is 8.97. The minimum Gasteiger partial charge on any atom is -0.422 e. The number of benzene rings is 3. The molecule has 0 atom stereocenters. The van der Waals surface area contributed by atoms with Crippen molar-refractivity contribution in [3.63, 3.8) is 0 Å². The minimum atomic E-state index is -0.449. The summed E-state index contributed by atoms with van der Waals surface area (Å²) < 4.78 is 5.67. The van der Waals surface area contributed by atoms with E-state index in [4.69, 9.17) is 4.42 Å². The van der Waals surface area contributed by atoms with Crippen LogP contribution in [0.3, 0.4) is 0 Å². The number of hydrogen-bond donors (Lipinski definition) is 2. The maximum atomic E-state index is 13.2. The Balaban J connectivity index is 1.85. The molecule has 3 heterocycles. The summed E-state index contributed by atoms with van der Waals surface area (Å²) in [5.41, 5.74) is 5.43. The summed E-state index contributed by atoms with van der Waals surface area (Å²) in [6.07, 6.45) is 0. The van der Waals surface area contributed by atoms with Gasteiger partial charge in [-0.05, 0) is 18.2 Å². The van der Waals surface area contributed by atoms with Crippen LogP contribution < -0.4 is 5.63 Å². The highest BCUT2D eigenvalue weighted by Gasteiger charge is 2.22. The Bertz CT molecular complexity index is 1590. The molecule has 0 saturated carbocycles. The molecule has 3 aromatic heterocycles. The van der Waals surface area contributed by atoms with Crippen molar-refractivity contribution >= 4 is 33.0 Å². The van der Waals surface area contributed by atoms with Gasteiger partial charge in [0.05, 0.1) is 16.6 Å². The molecule has 8 nitrogen and oxygen atoms in total. The van der Waals surface area contributed by atoms with Gasteiger partial charge in [0, 0.05) is 22.1 Å². The molecule has 6 aromatic rings. The summed E-state index contributed by atoms with van der Waals surface area (Å²) >= 11 is 0. The van der Waals surface area contributed by atoms with Crippen LogP contribution in [0.15, 0.2) is 69.9 Å². The van der Waals surface area contributed by atoms with E-state index >= 15 is 0 Å². The first-order chi connectivity index (χ1) is 14.3. The Hall–Kier alpha value is -4.33. The molecule has 0 bridgehead atoms. The predicted molar refractivity (Wildman–Crippen MR) is 108 cm³/mol. The largest absolute Gasteiger partial charge is 0.422 e. The van der Waals surface area contributed by atoms with Gasteiger partial charge in [0.1, 0.15) is 16.6 Å². The normalized spacial score (nSPS) is 11.6. The summed E-state index contributed by atoms with van der Waals surface area (Å²) in [5, 5.41) is 22.8. The topological polar surface area (TPSA) is 113 Å². The first-order valence-corrected chi connectivity index (χ1v) is 8.97. The third-order valence-electron chi connectivity index (χ3n) is 5.06. The summed E-state index contributed by atoms with van der Waals surface area (Å²) in [6.45, 7) is 0. The summed E-state index contributed by atoms with van der Waals surface area (Å²) in [4.78, 5) is 13.2. The molecule has 6 rings (SSSR count). The van der Waals surface area contributed by atoms with Crippen molar-refractivity contribution in [2.75, 3.05) is 0 Å². The van der Waals surface area contributed by atoms with Crippen molar-refractivity contribution < 1.29 is 4.42 Å². The third kappa shape index (κ3) is 2.23. The number of rotatable bonds is 2. The maximum absolute atomic E-state index is 13.2. The lowest BCUT2D eigenvalue weighted by molar-refractivity contribution is 0.564. The Morgan fingerprint density at radius 2 is 1.31 bits per heavy atom. The van der Waals surface area contributed by atoms with E-state index in [1.165, 1.54) is 0 Å². The van der Waals surface area contributed by atoms with Gasteiger partial charge < -0.3 is 4.42 Å². The lowest BCUT2D eigenvalue weighted by Crippen LogP contribution is -2.06. The zero-order chi connectivity index (χ0) is 19.4. The molecule has 8 heteroatoms. The number of hydrogen-bond acceptors (Lipinski definition) is 6. The Kier molecular flexibility index (Phi) is 3.16. The van der Waals surface area contributed by atoms with E-state index in [9.17, 15) is 4.79 Å². The number of fused-ring (bicyclic) bond motifs is 3. The average Bonchev–Trinajstić information content (AvgIpc) is 3.42. The number of aromatic nitrogens is 6. The molecule has 0 radical (unpaired) electrons. The third-order valence-corrected chi connectivity index (χ3v) is 5.06. The molecular formula is C21H12N6O2. The van der Waals surface area contributed by atoms with Crippen LogP contribution in [-0.4, -0.2) is 30.8 Å². The summed E-state index contributed by atoms with van der Waals surface area (Å²) in [5.74, 6) is 0. The van der Waals surface area contributed by atoms with E-state index in [0.29, 0.717) is 27.7 Å². The van der Waals surface area contributed by atoms with Gasteiger partial charge in [-0.25, -0.2) is 4.79 Å². The monoisotopic (exact) mass is 380 g/mol. The van der Waals surface area contributed by atoms with Gasteiger partial charge in [-0.15, -0.1) is 10.2 Å². The molecule has 0 unspecified atom stereocenters. The maximum Gasteiger partial charge on any atom is 0.344 e. The van der Waals surface area contributed by atoms with E-state index in [0.717, 1.165) is 27.5 Å². The van der Waals surface area contributed by atoms with E-state index in [2.05, 4.69) is 30.8 Å². The molecule has 0 saturated heterocycles. The molecule has 138 valence electrons. The molecular weight excluding hydrogens is 368 g/mol. The lowest BCUT2D eigenvalue weighted by atomic mass is 9.92. The van der Waals surface area contributed by atoms with Crippen molar-refractivity contribution in [3.8, 4) is 22.3 Å². The molecule has 0 spiro atoms. The number of nitrogens with zero attached hydrogens (tertiary/aromatic N) is 4. The molecule has 0 aliphatic rings. The van der Waals surface area contributed by atoms with Gasteiger partial charge in [0.2, 0.25) is 0 Å². The molecule has 0 amide bonds. The van der Waals surface area contributed by atoms with Crippen molar-refractivity contribution in [1.29, 1.82) is 0 Å². The second kappa shape index (κ2) is 5.83. The van der Waals surface area contributed by atoms with Crippen LogP contribution in [-0.2, 0) is 0 Å². The lowest BCUT2D eigenvalue weighted by Gasteiger charge is -2.12. The molecule has 0 aliphatic carbocycles. The molecule has 0 fully saturated rings. The van der Waals surface area contributed by atoms with E-state index in [-0.39, 0.29) is 0 Å². The van der Waals surface area contributed by atoms with Crippen molar-refractivity contribution in [3.05, 3.63) is 71.1 Å². The van der Waals surface area contributed by atoms with Crippen molar-refractivity contribution in [2.24, 2.45) is 0 Å². The molecule has 29 heavy (non-hydrogen) atoms. The molecule has 0 aliphatic heterocycles. The average molecular weight is 380 g/mol. The predicted octanol–water partition coefficient (Wildman–Crippen LogP) is 3.67. The fraction of sp³-hybridized carbons (Fsp3) is 0. The number of aromatic amines is 2. The minimum absolute atomic E-state index is 0.415. The van der Waals surface area contributed by atoms with Gasteiger partial charge in [0.25, 0.3) is 0 Å². The standard InChI is InChI=1S/C21H12N6O2/c28-21-18(13-7-4-9-15-20(13)25-27-23-15)17(11-5-1-2-10-16(11)29-21)12-6-3-8-14-19(12)24-26-22-14/h1-10H,(H,22,24,26)(H,23,25,27). The second-order valence-electron chi connectivity index (χ2n) is 6.66. The fourth-order valence-electron chi connectivity index (χ4n) is 3.82. The van der Waals surface area contributed by atoms with Crippen LogP contribution in [0.25, 0.3) is 55.3 Å². The SMILES string of the molecule is O=c1oc2ccccc2c(-c2cccc3[nH]nnc23)c1-c1cccc2[nH]nnc12. The highest BCUT2D eigenvalue weighted by molar-refractivity contribution is 6.09. The Morgan fingerprint density at radius 3 is 2.00 bits per heavy atom. The van der Waals surface area contributed by atoms with Crippen LogP contribution in [0.4, 0.5) is 0 Å². The quantitative estimate of drug-likeness (QED) is 0.443. The van der Waals surface area contributed by atoms with Crippen molar-refractivity contribution in [2.45, 2.75) is 0 Å². The van der Waals surface area contributed by atoms with Gasteiger partial charge in [-0.3, -0.25) is 10.2 Å². The van der Waals surface area contributed by atoms with Gasteiger partial charge >= 0.3 is 5.63 Å². The van der Waals surface area contributed by atoms with E-state index in [1.54, 1.807) is 6.07 Å². The highest BCUT2D eigenvalue weighted by atomic mass is 16.4. The van der Waals surface area contributed by atoms with E-state index < -0.39 is 5.63 Å². The smallest absolute Gasteiger partial charge is 0.344 e. The van der Waals surface area contributed by atoms with Crippen LogP contribution in [0.1, 0.15) is 0 Å². The zero-order valence-corrected chi connectivity index (χ0v) is 14.9. The van der Waals surface area contributed by atoms with Crippen LogP contribution in [0, 0.1) is 0 Å². The summed E-state index contributed by atoms with van der Waals surface area (Å²) in [7, 11) is 0. The number of para-hydroxylation sites is 1. The number of nitrogens with one attached hydrogen (secondary N) is 2. The molecule has 3 aromatic carbocycles. The Labute approximate surface area is 162 Å². The number of H-pyrrole nitrogens is 2. The zero-order valence-electron chi connectivity index (χ0n) is 14.9. The van der Waals surface area contributed by atoms with Gasteiger partial charge in [0.15, 0.2) is 0 Å². The summed E-state index contributed by atoms with van der Waals surface area (Å²) in [6, 6.07) is 18.7. The highest BCUT2D eigenvalue weighted by Crippen LogP contribution is 2.39. The van der Waals surface area contributed by atoms with Crippen molar-refractivity contribution in [1.82, 2.24) is 30.8 Å².